The number of hydrogen-bond donors (Lipinski definition) is 1. The molecular formula is C18H24N2O4S. The first-order valence-corrected chi connectivity index (χ1v) is 9.57. The lowest BCUT2D eigenvalue weighted by atomic mass is 9.87. The standard InChI is InChI=1S/C18H24N2O4S/c1-11-7-8-14(18(4,5)6)10-15(11)25(22,23)13(3)17(21)19-16-9-12(2)24-20-16/h7-10,13H,1-6H3,(H,19,20,21)/t13-/m1/s1. The molecule has 0 fully saturated rings. The van der Waals surface area contributed by atoms with Gasteiger partial charge in [-0.25, -0.2) is 8.42 Å². The van der Waals surface area contributed by atoms with Gasteiger partial charge in [0.15, 0.2) is 15.7 Å². The average molecular weight is 364 g/mol. The van der Waals surface area contributed by atoms with Gasteiger partial charge in [-0.3, -0.25) is 4.79 Å². The summed E-state index contributed by atoms with van der Waals surface area (Å²) in [6, 6.07) is 6.88. The zero-order valence-electron chi connectivity index (χ0n) is 15.4. The van der Waals surface area contributed by atoms with Crippen molar-refractivity contribution in [3.05, 3.63) is 41.2 Å². The van der Waals surface area contributed by atoms with Crippen molar-refractivity contribution in [2.24, 2.45) is 0 Å². The van der Waals surface area contributed by atoms with Gasteiger partial charge in [0.1, 0.15) is 11.0 Å². The van der Waals surface area contributed by atoms with Crippen molar-refractivity contribution < 1.29 is 17.7 Å². The molecule has 0 aliphatic carbocycles. The van der Waals surface area contributed by atoms with Gasteiger partial charge in [0.25, 0.3) is 0 Å². The molecule has 25 heavy (non-hydrogen) atoms. The minimum atomic E-state index is -3.84. The zero-order valence-corrected chi connectivity index (χ0v) is 16.2. The van der Waals surface area contributed by atoms with Crippen molar-refractivity contribution in [3.8, 4) is 0 Å². The number of carbonyl (C=O) groups is 1. The van der Waals surface area contributed by atoms with Crippen LogP contribution in [0.3, 0.4) is 0 Å². The number of carbonyl (C=O) groups excluding carboxylic acids is 1. The van der Waals surface area contributed by atoms with E-state index in [2.05, 4.69) is 10.5 Å². The van der Waals surface area contributed by atoms with Crippen molar-refractivity contribution in [3.63, 3.8) is 0 Å². The molecule has 1 N–H and O–H groups in total. The van der Waals surface area contributed by atoms with Crippen LogP contribution in [0.1, 0.15) is 44.6 Å². The molecule has 7 heteroatoms. The summed E-state index contributed by atoms with van der Waals surface area (Å²) in [4.78, 5) is 12.5. The van der Waals surface area contributed by atoms with E-state index in [1.165, 1.54) is 13.0 Å². The van der Waals surface area contributed by atoms with Gasteiger partial charge in [-0.1, -0.05) is 38.1 Å². The van der Waals surface area contributed by atoms with E-state index in [0.29, 0.717) is 11.3 Å². The summed E-state index contributed by atoms with van der Waals surface area (Å²) in [5, 5.41) is 4.88. The minimum Gasteiger partial charge on any atom is -0.360 e. The Balaban J connectivity index is 2.35. The molecule has 6 nitrogen and oxygen atoms in total. The lowest BCUT2D eigenvalue weighted by Gasteiger charge is -2.21. The number of aromatic nitrogens is 1. The second-order valence-corrected chi connectivity index (χ2v) is 9.47. The Labute approximate surface area is 148 Å². The molecule has 1 amide bonds. The second-order valence-electron chi connectivity index (χ2n) is 7.23. The molecule has 2 aromatic rings. The van der Waals surface area contributed by atoms with Crippen LogP contribution >= 0.6 is 0 Å². The zero-order chi connectivity index (χ0) is 19.0. The second kappa shape index (κ2) is 6.63. The van der Waals surface area contributed by atoms with E-state index in [1.54, 1.807) is 26.0 Å². The summed E-state index contributed by atoms with van der Waals surface area (Å²) in [5.41, 5.74) is 1.32. The van der Waals surface area contributed by atoms with Gasteiger partial charge in [0.2, 0.25) is 5.91 Å². The molecule has 1 aromatic heterocycles. The van der Waals surface area contributed by atoms with Crippen molar-refractivity contribution in [2.75, 3.05) is 5.32 Å². The molecule has 1 atom stereocenters. The molecule has 0 aliphatic heterocycles. The lowest BCUT2D eigenvalue weighted by Crippen LogP contribution is -2.33. The number of sulfone groups is 1. The van der Waals surface area contributed by atoms with Crippen LogP contribution in [0.2, 0.25) is 0 Å². The number of anilines is 1. The van der Waals surface area contributed by atoms with Gasteiger partial charge in [0.05, 0.1) is 4.90 Å². The van der Waals surface area contributed by atoms with Gasteiger partial charge in [-0.2, -0.15) is 0 Å². The van der Waals surface area contributed by atoms with E-state index in [-0.39, 0.29) is 16.1 Å². The van der Waals surface area contributed by atoms with Crippen LogP contribution in [-0.2, 0) is 20.0 Å². The Morgan fingerprint density at radius 3 is 2.36 bits per heavy atom. The average Bonchev–Trinajstić information content (AvgIpc) is 2.90. The van der Waals surface area contributed by atoms with E-state index in [0.717, 1.165) is 5.56 Å². The summed E-state index contributed by atoms with van der Waals surface area (Å²) >= 11 is 0. The number of benzene rings is 1. The Bertz CT molecular complexity index is 892. The van der Waals surface area contributed by atoms with E-state index < -0.39 is 21.0 Å². The topological polar surface area (TPSA) is 89.3 Å². The fourth-order valence-electron chi connectivity index (χ4n) is 2.36. The third-order valence-corrected chi connectivity index (χ3v) is 6.27. The molecular weight excluding hydrogens is 340 g/mol. The highest BCUT2D eigenvalue weighted by molar-refractivity contribution is 7.92. The van der Waals surface area contributed by atoms with Gasteiger partial charge in [0, 0.05) is 6.07 Å². The maximum absolute atomic E-state index is 13.0. The molecule has 0 bridgehead atoms. The van der Waals surface area contributed by atoms with Crippen LogP contribution in [0.25, 0.3) is 0 Å². The molecule has 0 saturated heterocycles. The third-order valence-electron chi connectivity index (χ3n) is 4.07. The normalized spacial score (nSPS) is 13.5. The summed E-state index contributed by atoms with van der Waals surface area (Å²) in [7, 11) is -3.84. The fraction of sp³-hybridized carbons (Fsp3) is 0.444. The highest BCUT2D eigenvalue weighted by atomic mass is 32.2. The van der Waals surface area contributed by atoms with Crippen LogP contribution in [-0.4, -0.2) is 24.7 Å². The molecule has 1 heterocycles. The van der Waals surface area contributed by atoms with Crippen LogP contribution in [0.5, 0.6) is 0 Å². The molecule has 1 aromatic carbocycles. The van der Waals surface area contributed by atoms with Gasteiger partial charge in [-0.05, 0) is 43.4 Å². The number of hydrogen-bond acceptors (Lipinski definition) is 5. The minimum absolute atomic E-state index is 0.180. The summed E-state index contributed by atoms with van der Waals surface area (Å²) < 4.78 is 30.8. The van der Waals surface area contributed by atoms with Crippen molar-refractivity contribution in [1.82, 2.24) is 5.16 Å². The highest BCUT2D eigenvalue weighted by Gasteiger charge is 2.32. The summed E-state index contributed by atoms with van der Waals surface area (Å²) in [5.74, 6) is 0.0816. The Kier molecular flexibility index (Phi) is 5.09. The van der Waals surface area contributed by atoms with E-state index in [9.17, 15) is 13.2 Å². The number of nitrogens with zero attached hydrogens (tertiary/aromatic N) is 1. The fourth-order valence-corrected chi connectivity index (χ4v) is 3.89. The lowest BCUT2D eigenvalue weighted by molar-refractivity contribution is -0.115. The molecule has 0 aliphatic rings. The van der Waals surface area contributed by atoms with Gasteiger partial charge >= 0.3 is 0 Å². The Morgan fingerprint density at radius 2 is 1.84 bits per heavy atom. The first-order chi connectivity index (χ1) is 11.4. The van der Waals surface area contributed by atoms with Crippen LogP contribution < -0.4 is 5.32 Å². The number of amides is 1. The van der Waals surface area contributed by atoms with E-state index in [4.69, 9.17) is 4.52 Å². The van der Waals surface area contributed by atoms with E-state index >= 15 is 0 Å². The molecule has 0 spiro atoms. The number of rotatable bonds is 4. The quantitative estimate of drug-likeness (QED) is 0.898. The van der Waals surface area contributed by atoms with Crippen LogP contribution in [0.15, 0.2) is 33.7 Å². The first-order valence-electron chi connectivity index (χ1n) is 8.02. The Hall–Kier alpha value is -2.15. The number of aryl methyl sites for hydroxylation is 2. The van der Waals surface area contributed by atoms with Crippen LogP contribution in [0, 0.1) is 13.8 Å². The van der Waals surface area contributed by atoms with Crippen molar-refractivity contribution >= 4 is 21.6 Å². The third kappa shape index (κ3) is 4.10. The smallest absolute Gasteiger partial charge is 0.244 e. The highest BCUT2D eigenvalue weighted by Crippen LogP contribution is 2.28. The van der Waals surface area contributed by atoms with E-state index in [1.807, 2.05) is 26.8 Å². The predicted molar refractivity (Wildman–Crippen MR) is 96.4 cm³/mol. The van der Waals surface area contributed by atoms with Crippen molar-refractivity contribution in [1.29, 1.82) is 0 Å². The van der Waals surface area contributed by atoms with Crippen molar-refractivity contribution in [2.45, 2.75) is 57.1 Å². The maximum Gasteiger partial charge on any atom is 0.244 e. The molecule has 0 saturated carbocycles. The number of nitrogens with one attached hydrogen (secondary N) is 1. The summed E-state index contributed by atoms with van der Waals surface area (Å²) in [6.45, 7) is 10.8. The Morgan fingerprint density at radius 1 is 1.20 bits per heavy atom. The van der Waals surface area contributed by atoms with Gasteiger partial charge in [-0.15, -0.1) is 0 Å². The largest absolute Gasteiger partial charge is 0.360 e. The monoisotopic (exact) mass is 364 g/mol. The SMILES string of the molecule is Cc1cc(NC(=O)[C@@H](C)S(=O)(=O)c2cc(C(C)(C)C)ccc2C)no1. The summed E-state index contributed by atoms with van der Waals surface area (Å²) in [6.07, 6.45) is 0. The molecule has 0 radical (unpaired) electrons. The molecule has 0 unspecified atom stereocenters. The first kappa shape index (κ1) is 19.2. The predicted octanol–water partition coefficient (Wildman–Crippen LogP) is 3.39. The molecule has 2 rings (SSSR count). The molecule has 136 valence electrons. The van der Waals surface area contributed by atoms with Crippen LogP contribution in [0.4, 0.5) is 5.82 Å². The van der Waals surface area contributed by atoms with Gasteiger partial charge < -0.3 is 9.84 Å². The maximum atomic E-state index is 13.0.